The maximum Gasteiger partial charge on any atom is 0.246 e. The lowest BCUT2D eigenvalue weighted by molar-refractivity contribution is -0.120. The molecule has 0 aliphatic carbocycles. The number of amides is 1. The molecular weight excluding hydrogens is 258 g/mol. The molecule has 1 N–H and O–H groups in total. The number of hydrogen-bond donors (Lipinski definition) is 1. The van der Waals surface area contributed by atoms with E-state index in [1.807, 2.05) is 43.5 Å². The van der Waals surface area contributed by atoms with E-state index in [-0.39, 0.29) is 12.3 Å². The highest BCUT2D eigenvalue weighted by molar-refractivity contribution is 7.09. The second-order valence-electron chi connectivity index (χ2n) is 4.24. The minimum absolute atomic E-state index is 0.158. The molecule has 19 heavy (non-hydrogen) atoms. The Morgan fingerprint density at radius 1 is 1.47 bits per heavy atom. The van der Waals surface area contributed by atoms with Crippen LogP contribution >= 0.6 is 11.3 Å². The van der Waals surface area contributed by atoms with Crippen LogP contribution in [0.5, 0.6) is 0 Å². The van der Waals surface area contributed by atoms with E-state index in [9.17, 15) is 4.79 Å². The Morgan fingerprint density at radius 3 is 3.00 bits per heavy atom. The molecule has 2 rings (SSSR count). The van der Waals surface area contributed by atoms with Crippen molar-refractivity contribution in [1.82, 2.24) is 10.4 Å². The molecule has 0 atom stereocenters. The number of benzene rings is 1. The third-order valence-electron chi connectivity index (χ3n) is 2.45. The maximum absolute atomic E-state index is 11.6. The first-order chi connectivity index (χ1) is 9.13. The summed E-state index contributed by atoms with van der Waals surface area (Å²) in [6, 6.07) is 7.91. The fourth-order valence-corrected chi connectivity index (χ4v) is 2.24. The highest BCUT2D eigenvalue weighted by atomic mass is 32.1. The van der Waals surface area contributed by atoms with Gasteiger partial charge in [0.25, 0.3) is 0 Å². The van der Waals surface area contributed by atoms with Crippen LogP contribution in [0.25, 0.3) is 0 Å². The van der Waals surface area contributed by atoms with Crippen molar-refractivity contribution in [2.24, 2.45) is 5.10 Å². The summed E-state index contributed by atoms with van der Waals surface area (Å²) in [7, 11) is 0. The van der Waals surface area contributed by atoms with Gasteiger partial charge < -0.3 is 0 Å². The number of aromatic nitrogens is 1. The normalized spacial score (nSPS) is 10.8. The molecule has 1 aromatic carbocycles. The summed E-state index contributed by atoms with van der Waals surface area (Å²) in [4.78, 5) is 15.9. The van der Waals surface area contributed by atoms with Gasteiger partial charge in [0.2, 0.25) is 5.91 Å². The van der Waals surface area contributed by atoms with Crippen molar-refractivity contribution in [3.8, 4) is 0 Å². The fourth-order valence-electron chi connectivity index (χ4n) is 1.62. The molecular formula is C14H15N3OS. The van der Waals surface area contributed by atoms with Crippen molar-refractivity contribution in [3.63, 3.8) is 0 Å². The van der Waals surface area contributed by atoms with E-state index in [4.69, 9.17) is 0 Å². The van der Waals surface area contributed by atoms with Crippen LogP contribution in [0.1, 0.15) is 21.8 Å². The predicted octanol–water partition coefficient (Wildman–Crippen LogP) is 2.45. The maximum atomic E-state index is 11.6. The van der Waals surface area contributed by atoms with Crippen LogP contribution in [0.4, 0.5) is 0 Å². The van der Waals surface area contributed by atoms with Crippen molar-refractivity contribution in [2.45, 2.75) is 20.3 Å². The highest BCUT2D eigenvalue weighted by Gasteiger charge is 2.04. The van der Waals surface area contributed by atoms with E-state index in [0.717, 1.165) is 21.8 Å². The summed E-state index contributed by atoms with van der Waals surface area (Å²) >= 11 is 1.54. The molecule has 1 heterocycles. The Morgan fingerprint density at radius 2 is 2.32 bits per heavy atom. The highest BCUT2D eigenvalue weighted by Crippen LogP contribution is 2.08. The standard InChI is InChI=1S/C14H15N3OS/c1-10-4-3-5-12(6-10)8-15-17-14(18)7-13-9-19-11(2)16-13/h3-6,8-9H,7H2,1-2H3,(H,17,18)/b15-8-. The zero-order valence-electron chi connectivity index (χ0n) is 10.9. The number of hydrogen-bond acceptors (Lipinski definition) is 4. The summed E-state index contributed by atoms with van der Waals surface area (Å²) in [5.74, 6) is -0.158. The minimum Gasteiger partial charge on any atom is -0.273 e. The zero-order valence-corrected chi connectivity index (χ0v) is 11.7. The number of nitrogens with zero attached hydrogens (tertiary/aromatic N) is 2. The van der Waals surface area contributed by atoms with E-state index >= 15 is 0 Å². The largest absolute Gasteiger partial charge is 0.273 e. The summed E-state index contributed by atoms with van der Waals surface area (Å²) in [6.45, 7) is 3.93. The first kappa shape index (κ1) is 13.4. The summed E-state index contributed by atoms with van der Waals surface area (Å²) in [5, 5.41) is 6.79. The third-order valence-corrected chi connectivity index (χ3v) is 3.28. The average Bonchev–Trinajstić information content (AvgIpc) is 2.75. The smallest absolute Gasteiger partial charge is 0.246 e. The van der Waals surface area contributed by atoms with E-state index in [2.05, 4.69) is 15.5 Å². The van der Waals surface area contributed by atoms with Crippen LogP contribution in [0.2, 0.25) is 0 Å². The van der Waals surface area contributed by atoms with Gasteiger partial charge in [0.1, 0.15) is 0 Å². The summed E-state index contributed by atoms with van der Waals surface area (Å²) < 4.78 is 0. The van der Waals surface area contributed by atoms with Crippen molar-refractivity contribution >= 4 is 23.5 Å². The van der Waals surface area contributed by atoms with Crippen LogP contribution < -0.4 is 5.43 Å². The molecule has 2 aromatic rings. The molecule has 0 spiro atoms. The number of carbonyl (C=O) groups excluding carboxylic acids is 1. The van der Waals surface area contributed by atoms with Crippen LogP contribution in [0, 0.1) is 13.8 Å². The van der Waals surface area contributed by atoms with Gasteiger partial charge in [-0.3, -0.25) is 4.79 Å². The van der Waals surface area contributed by atoms with Gasteiger partial charge in [0.15, 0.2) is 0 Å². The van der Waals surface area contributed by atoms with Gasteiger partial charge in [-0.25, -0.2) is 10.4 Å². The average molecular weight is 273 g/mol. The Hall–Kier alpha value is -2.01. The van der Waals surface area contributed by atoms with Gasteiger partial charge in [-0.2, -0.15) is 5.10 Å². The van der Waals surface area contributed by atoms with Crippen LogP contribution in [-0.4, -0.2) is 17.1 Å². The lowest BCUT2D eigenvalue weighted by Crippen LogP contribution is -2.19. The minimum atomic E-state index is -0.158. The second-order valence-corrected chi connectivity index (χ2v) is 5.30. The van der Waals surface area contributed by atoms with Crippen LogP contribution in [0.3, 0.4) is 0 Å². The molecule has 0 bridgehead atoms. The molecule has 0 saturated heterocycles. The molecule has 0 radical (unpaired) electrons. The number of nitrogens with one attached hydrogen (secondary N) is 1. The Balaban J connectivity index is 1.86. The van der Waals surface area contributed by atoms with Gasteiger partial charge in [-0.15, -0.1) is 11.3 Å². The van der Waals surface area contributed by atoms with Crippen molar-refractivity contribution in [1.29, 1.82) is 0 Å². The molecule has 0 fully saturated rings. The second kappa shape index (κ2) is 6.24. The monoisotopic (exact) mass is 273 g/mol. The predicted molar refractivity (Wildman–Crippen MR) is 77.5 cm³/mol. The fraction of sp³-hybridized carbons (Fsp3) is 0.214. The van der Waals surface area contributed by atoms with Gasteiger partial charge in [0, 0.05) is 5.38 Å². The quantitative estimate of drug-likeness (QED) is 0.687. The number of carbonyl (C=O) groups is 1. The van der Waals surface area contributed by atoms with Crippen molar-refractivity contribution in [3.05, 3.63) is 51.5 Å². The molecule has 0 unspecified atom stereocenters. The van der Waals surface area contributed by atoms with E-state index in [1.165, 1.54) is 11.3 Å². The third kappa shape index (κ3) is 4.30. The molecule has 0 saturated carbocycles. The van der Waals surface area contributed by atoms with E-state index < -0.39 is 0 Å². The number of aryl methyl sites for hydroxylation is 2. The molecule has 0 aliphatic heterocycles. The van der Waals surface area contributed by atoms with Crippen LogP contribution in [0.15, 0.2) is 34.7 Å². The SMILES string of the molecule is Cc1cccc(/C=N\NC(=O)Cc2csc(C)n2)c1. The number of rotatable bonds is 4. The van der Waals surface area contributed by atoms with Gasteiger partial charge in [0.05, 0.1) is 23.3 Å². The number of hydrazone groups is 1. The lowest BCUT2D eigenvalue weighted by Gasteiger charge is -1.98. The summed E-state index contributed by atoms with van der Waals surface area (Å²) in [6.07, 6.45) is 1.90. The molecule has 1 aromatic heterocycles. The first-order valence-corrected chi connectivity index (χ1v) is 6.81. The van der Waals surface area contributed by atoms with Gasteiger partial charge >= 0.3 is 0 Å². The Labute approximate surface area is 116 Å². The first-order valence-electron chi connectivity index (χ1n) is 5.93. The van der Waals surface area contributed by atoms with Gasteiger partial charge in [-0.1, -0.05) is 29.8 Å². The molecule has 1 amide bonds. The van der Waals surface area contributed by atoms with Crippen molar-refractivity contribution < 1.29 is 4.79 Å². The van der Waals surface area contributed by atoms with Crippen LogP contribution in [-0.2, 0) is 11.2 Å². The molecule has 5 heteroatoms. The van der Waals surface area contributed by atoms with E-state index in [1.54, 1.807) is 6.21 Å². The lowest BCUT2D eigenvalue weighted by atomic mass is 10.2. The molecule has 0 aliphatic rings. The summed E-state index contributed by atoms with van der Waals surface area (Å²) in [5.41, 5.74) is 5.41. The molecule has 98 valence electrons. The van der Waals surface area contributed by atoms with E-state index in [0.29, 0.717) is 0 Å². The van der Waals surface area contributed by atoms with Crippen molar-refractivity contribution in [2.75, 3.05) is 0 Å². The Kier molecular flexibility index (Phi) is 4.41. The van der Waals surface area contributed by atoms with Gasteiger partial charge in [-0.05, 0) is 19.4 Å². The molecule has 4 nitrogen and oxygen atoms in total. The number of thiazole rings is 1. The zero-order chi connectivity index (χ0) is 13.7. The topological polar surface area (TPSA) is 54.4 Å². The Bertz CT molecular complexity index is 604.